The molecule has 0 aromatic carbocycles. The van der Waals surface area contributed by atoms with Crippen LogP contribution in [-0.2, 0) is 28.5 Å². The molecule has 6 unspecified atom stereocenters. The van der Waals surface area contributed by atoms with Gasteiger partial charge in [0.15, 0.2) is 0 Å². The lowest BCUT2D eigenvalue weighted by Crippen LogP contribution is -2.31. The summed E-state index contributed by atoms with van der Waals surface area (Å²) in [5.74, 6) is 0.382. The second-order valence-corrected chi connectivity index (χ2v) is 8.72. The van der Waals surface area contributed by atoms with Gasteiger partial charge < -0.3 is 23.7 Å². The summed E-state index contributed by atoms with van der Waals surface area (Å²) in [4.78, 5) is 22.3. The standard InChI is InChI=1S/C14H22O4.C7H10O2/c1-16-10-3-5-11(6-4-10)17-14(15)9-2-7-12-13(8-9)18-12;8-4-5-1-2-6-7(3-5)9-6/h9-13H,2-8H2,1H3;4-7H,1-3H2. The molecule has 0 radical (unpaired) electrons. The lowest BCUT2D eigenvalue weighted by molar-refractivity contribution is -0.157. The van der Waals surface area contributed by atoms with Crippen molar-refractivity contribution >= 4 is 12.3 Å². The van der Waals surface area contributed by atoms with Crippen LogP contribution in [0.5, 0.6) is 0 Å². The Labute approximate surface area is 161 Å². The van der Waals surface area contributed by atoms with Gasteiger partial charge in [0.25, 0.3) is 0 Å². The molecule has 0 aromatic heterocycles. The van der Waals surface area contributed by atoms with Gasteiger partial charge in [-0.1, -0.05) is 0 Å². The fourth-order valence-electron chi connectivity index (χ4n) is 4.82. The molecule has 5 fully saturated rings. The minimum absolute atomic E-state index is 0.00446. The van der Waals surface area contributed by atoms with Gasteiger partial charge in [0, 0.05) is 13.0 Å². The number of hydrogen-bond donors (Lipinski definition) is 0. The zero-order chi connectivity index (χ0) is 18.8. The molecule has 2 heterocycles. The first kappa shape index (κ1) is 19.3. The van der Waals surface area contributed by atoms with E-state index in [-0.39, 0.29) is 18.0 Å². The van der Waals surface area contributed by atoms with E-state index in [0.717, 1.165) is 70.5 Å². The van der Waals surface area contributed by atoms with Crippen LogP contribution in [0.15, 0.2) is 0 Å². The number of aldehydes is 1. The van der Waals surface area contributed by atoms with Crippen LogP contribution in [0, 0.1) is 11.8 Å². The first-order valence-corrected chi connectivity index (χ1v) is 10.7. The van der Waals surface area contributed by atoms with Gasteiger partial charge in [0.2, 0.25) is 0 Å². The van der Waals surface area contributed by atoms with E-state index in [4.69, 9.17) is 18.9 Å². The number of carbonyl (C=O) groups excluding carboxylic acids is 2. The van der Waals surface area contributed by atoms with E-state index >= 15 is 0 Å². The van der Waals surface area contributed by atoms with E-state index in [0.29, 0.717) is 36.4 Å². The molecule has 0 N–H and O–H groups in total. The van der Waals surface area contributed by atoms with Crippen molar-refractivity contribution in [3.8, 4) is 0 Å². The van der Waals surface area contributed by atoms with Crippen molar-refractivity contribution in [1.29, 1.82) is 0 Å². The third-order valence-electron chi connectivity index (χ3n) is 6.81. The number of carbonyl (C=O) groups is 2. The van der Waals surface area contributed by atoms with E-state index in [9.17, 15) is 9.59 Å². The molecule has 3 aliphatic carbocycles. The zero-order valence-corrected chi connectivity index (χ0v) is 16.2. The molecule has 0 aromatic rings. The molecule has 6 nitrogen and oxygen atoms in total. The topological polar surface area (TPSA) is 77.7 Å². The second kappa shape index (κ2) is 8.58. The first-order valence-electron chi connectivity index (χ1n) is 10.7. The van der Waals surface area contributed by atoms with Crippen molar-refractivity contribution < 1.29 is 28.5 Å². The van der Waals surface area contributed by atoms with Gasteiger partial charge in [0.05, 0.1) is 36.4 Å². The second-order valence-electron chi connectivity index (χ2n) is 8.72. The summed E-state index contributed by atoms with van der Waals surface area (Å²) < 4.78 is 21.7. The lowest BCUT2D eigenvalue weighted by atomic mass is 9.89. The molecule has 2 aliphatic heterocycles. The van der Waals surface area contributed by atoms with Crippen LogP contribution < -0.4 is 0 Å². The fraction of sp³-hybridized carbons (Fsp3) is 0.905. The molecular formula is C21H32O6. The molecule has 27 heavy (non-hydrogen) atoms. The maximum atomic E-state index is 12.1. The Morgan fingerprint density at radius 1 is 0.815 bits per heavy atom. The van der Waals surface area contributed by atoms with Crippen LogP contribution >= 0.6 is 0 Å². The minimum Gasteiger partial charge on any atom is -0.462 e. The van der Waals surface area contributed by atoms with Gasteiger partial charge in [-0.25, -0.2) is 0 Å². The van der Waals surface area contributed by atoms with E-state index in [1.54, 1.807) is 7.11 Å². The number of hydrogen-bond acceptors (Lipinski definition) is 6. The van der Waals surface area contributed by atoms with Gasteiger partial charge in [-0.2, -0.15) is 0 Å². The molecule has 2 saturated heterocycles. The van der Waals surface area contributed by atoms with E-state index in [1.165, 1.54) is 0 Å². The van der Waals surface area contributed by atoms with Crippen LogP contribution in [0.3, 0.4) is 0 Å². The molecule has 5 aliphatic rings. The predicted octanol–water partition coefficient (Wildman–Crippen LogP) is 2.81. The Morgan fingerprint density at radius 2 is 1.44 bits per heavy atom. The fourth-order valence-corrected chi connectivity index (χ4v) is 4.82. The average molecular weight is 380 g/mol. The maximum absolute atomic E-state index is 12.1. The third kappa shape index (κ3) is 5.09. The van der Waals surface area contributed by atoms with Crippen LogP contribution in [0.1, 0.15) is 64.2 Å². The molecule has 0 spiro atoms. The van der Waals surface area contributed by atoms with Crippen molar-refractivity contribution in [3.05, 3.63) is 0 Å². The highest BCUT2D eigenvalue weighted by atomic mass is 16.6. The number of epoxide rings is 2. The lowest BCUT2D eigenvalue weighted by Gasteiger charge is -2.29. The van der Waals surface area contributed by atoms with Crippen LogP contribution in [0.2, 0.25) is 0 Å². The van der Waals surface area contributed by atoms with E-state index < -0.39 is 0 Å². The molecular weight excluding hydrogens is 348 g/mol. The molecule has 152 valence electrons. The van der Waals surface area contributed by atoms with Crippen LogP contribution in [-0.4, -0.2) is 56.0 Å². The molecule has 6 atom stereocenters. The Bertz CT molecular complexity index is 529. The number of methoxy groups -OCH3 is 1. The Balaban J connectivity index is 0.000000167. The smallest absolute Gasteiger partial charge is 0.309 e. The minimum atomic E-state index is 0.00446. The molecule has 0 bridgehead atoms. The summed E-state index contributed by atoms with van der Waals surface area (Å²) in [5, 5.41) is 0. The largest absolute Gasteiger partial charge is 0.462 e. The predicted molar refractivity (Wildman–Crippen MR) is 97.2 cm³/mol. The van der Waals surface area contributed by atoms with Gasteiger partial charge in [-0.15, -0.1) is 0 Å². The monoisotopic (exact) mass is 380 g/mol. The van der Waals surface area contributed by atoms with Gasteiger partial charge in [-0.05, 0) is 64.2 Å². The Hall–Kier alpha value is -0.980. The molecule has 5 rings (SSSR count). The molecule has 0 amide bonds. The highest BCUT2D eigenvalue weighted by molar-refractivity contribution is 5.73. The summed E-state index contributed by atoms with van der Waals surface area (Å²) >= 11 is 0. The molecule has 3 saturated carbocycles. The summed E-state index contributed by atoms with van der Waals surface area (Å²) in [7, 11) is 1.76. The number of rotatable bonds is 4. The number of ether oxygens (including phenoxy) is 4. The number of fused-ring (bicyclic) bond motifs is 2. The maximum Gasteiger partial charge on any atom is 0.309 e. The van der Waals surface area contributed by atoms with Crippen molar-refractivity contribution in [3.63, 3.8) is 0 Å². The average Bonchev–Trinajstić information content (AvgIpc) is 3.62. The van der Waals surface area contributed by atoms with E-state index in [1.807, 2.05) is 0 Å². The summed E-state index contributed by atoms with van der Waals surface area (Å²) in [6, 6.07) is 0. The van der Waals surface area contributed by atoms with Gasteiger partial charge in [-0.3, -0.25) is 4.79 Å². The summed E-state index contributed by atoms with van der Waals surface area (Å²) in [5.41, 5.74) is 0. The third-order valence-corrected chi connectivity index (χ3v) is 6.81. The zero-order valence-electron chi connectivity index (χ0n) is 16.2. The number of esters is 1. The van der Waals surface area contributed by atoms with Crippen molar-refractivity contribution in [1.82, 2.24) is 0 Å². The summed E-state index contributed by atoms with van der Waals surface area (Å²) in [6.07, 6.45) is 13.2. The molecule has 6 heteroatoms. The van der Waals surface area contributed by atoms with Gasteiger partial charge >= 0.3 is 5.97 Å². The normalized spacial score (nSPS) is 44.6. The van der Waals surface area contributed by atoms with Crippen LogP contribution in [0.25, 0.3) is 0 Å². The highest BCUT2D eigenvalue weighted by Gasteiger charge is 2.46. The first-order chi connectivity index (χ1) is 13.2. The SMILES string of the molecule is COC1CCC(OC(=O)C2CCC3OC3C2)CC1.O=CC1CCC2OC2C1. The Morgan fingerprint density at radius 3 is 2.04 bits per heavy atom. The quantitative estimate of drug-likeness (QED) is 0.424. The van der Waals surface area contributed by atoms with Crippen molar-refractivity contribution in [2.45, 2.75) is 101 Å². The van der Waals surface area contributed by atoms with E-state index in [2.05, 4.69) is 0 Å². The Kier molecular flexibility index (Phi) is 6.15. The van der Waals surface area contributed by atoms with Crippen molar-refractivity contribution in [2.24, 2.45) is 11.8 Å². The van der Waals surface area contributed by atoms with Crippen molar-refractivity contribution in [2.75, 3.05) is 7.11 Å². The summed E-state index contributed by atoms with van der Waals surface area (Å²) in [6.45, 7) is 0. The van der Waals surface area contributed by atoms with Gasteiger partial charge in [0.1, 0.15) is 12.4 Å². The highest BCUT2D eigenvalue weighted by Crippen LogP contribution is 2.40. The van der Waals surface area contributed by atoms with Crippen LogP contribution in [0.4, 0.5) is 0 Å².